The Morgan fingerprint density at radius 1 is 1.00 bits per heavy atom. The SMILES string of the molecule is CC[C@@H]1CCc2c(ccc3ccccc23)[C@H]1c1ccc(OC(F)F)cc1. The number of fused-ring (bicyclic) bond motifs is 3. The second-order valence-corrected chi connectivity index (χ2v) is 6.99. The van der Waals surface area contributed by atoms with Gasteiger partial charge in [-0.1, -0.05) is 61.9 Å². The van der Waals surface area contributed by atoms with E-state index < -0.39 is 6.61 Å². The Kier molecular flexibility index (Phi) is 4.62. The van der Waals surface area contributed by atoms with Crippen molar-refractivity contribution < 1.29 is 13.5 Å². The van der Waals surface area contributed by atoms with Crippen molar-refractivity contribution in [1.82, 2.24) is 0 Å². The largest absolute Gasteiger partial charge is 0.435 e. The maximum Gasteiger partial charge on any atom is 0.387 e. The molecule has 0 aliphatic heterocycles. The molecule has 0 saturated heterocycles. The summed E-state index contributed by atoms with van der Waals surface area (Å²) < 4.78 is 29.3. The average Bonchev–Trinajstić information content (AvgIpc) is 2.67. The summed E-state index contributed by atoms with van der Waals surface area (Å²) in [6.45, 7) is -0.552. The van der Waals surface area contributed by atoms with E-state index in [0.29, 0.717) is 11.8 Å². The highest BCUT2D eigenvalue weighted by Gasteiger charge is 2.30. The molecule has 1 nitrogen and oxygen atoms in total. The van der Waals surface area contributed by atoms with Crippen LogP contribution in [0.4, 0.5) is 8.78 Å². The van der Waals surface area contributed by atoms with Crippen molar-refractivity contribution in [1.29, 1.82) is 0 Å². The number of ether oxygens (including phenoxy) is 1. The topological polar surface area (TPSA) is 9.23 Å². The van der Waals surface area contributed by atoms with Gasteiger partial charge in [0.25, 0.3) is 0 Å². The second kappa shape index (κ2) is 7.06. The molecule has 2 atom stereocenters. The molecule has 0 fully saturated rings. The molecule has 0 radical (unpaired) electrons. The molecule has 4 rings (SSSR count). The predicted octanol–water partition coefficient (Wildman–Crippen LogP) is 6.55. The van der Waals surface area contributed by atoms with E-state index in [-0.39, 0.29) is 5.75 Å². The van der Waals surface area contributed by atoms with Crippen molar-refractivity contribution in [3.8, 4) is 5.75 Å². The van der Waals surface area contributed by atoms with Crippen LogP contribution in [0.3, 0.4) is 0 Å². The summed E-state index contributed by atoms with van der Waals surface area (Å²) in [6.07, 6.45) is 3.35. The fourth-order valence-electron chi connectivity index (χ4n) is 4.42. The number of halogens is 2. The van der Waals surface area contributed by atoms with E-state index in [1.807, 2.05) is 12.1 Å². The van der Waals surface area contributed by atoms with Crippen LogP contribution in [-0.2, 0) is 6.42 Å². The van der Waals surface area contributed by atoms with Crippen LogP contribution < -0.4 is 4.74 Å². The zero-order valence-corrected chi connectivity index (χ0v) is 14.8. The maximum atomic E-state index is 12.4. The monoisotopic (exact) mass is 352 g/mol. The van der Waals surface area contributed by atoms with Crippen molar-refractivity contribution in [2.45, 2.75) is 38.7 Å². The van der Waals surface area contributed by atoms with Crippen molar-refractivity contribution in [3.05, 3.63) is 77.4 Å². The summed E-state index contributed by atoms with van der Waals surface area (Å²) in [5.74, 6) is 1.07. The van der Waals surface area contributed by atoms with Gasteiger partial charge in [0.05, 0.1) is 0 Å². The number of rotatable bonds is 4. The highest BCUT2D eigenvalue weighted by atomic mass is 19.3. The Hall–Kier alpha value is -2.42. The maximum absolute atomic E-state index is 12.4. The zero-order chi connectivity index (χ0) is 18.1. The van der Waals surface area contributed by atoms with Gasteiger partial charge >= 0.3 is 6.61 Å². The lowest BCUT2D eigenvalue weighted by Gasteiger charge is -2.34. The lowest BCUT2D eigenvalue weighted by molar-refractivity contribution is -0.0498. The minimum absolute atomic E-state index is 0.214. The van der Waals surface area contributed by atoms with Gasteiger partial charge < -0.3 is 4.74 Å². The first-order valence-corrected chi connectivity index (χ1v) is 9.22. The molecule has 0 aromatic heterocycles. The molecule has 0 unspecified atom stereocenters. The number of alkyl halides is 2. The summed E-state index contributed by atoms with van der Waals surface area (Å²) in [5, 5.41) is 2.61. The van der Waals surface area contributed by atoms with Gasteiger partial charge in [-0.3, -0.25) is 0 Å². The first kappa shape index (κ1) is 17.0. The predicted molar refractivity (Wildman–Crippen MR) is 101 cm³/mol. The Balaban J connectivity index is 1.78. The first-order chi connectivity index (χ1) is 12.7. The lowest BCUT2D eigenvalue weighted by Crippen LogP contribution is -2.21. The molecule has 0 bridgehead atoms. The molecule has 0 heterocycles. The van der Waals surface area contributed by atoms with Gasteiger partial charge in [-0.2, -0.15) is 8.78 Å². The molecule has 3 aromatic rings. The molecular weight excluding hydrogens is 330 g/mol. The molecule has 0 N–H and O–H groups in total. The third-order valence-corrected chi connectivity index (χ3v) is 5.64. The van der Waals surface area contributed by atoms with Gasteiger partial charge in [-0.15, -0.1) is 0 Å². The Morgan fingerprint density at radius 3 is 2.50 bits per heavy atom. The van der Waals surface area contributed by atoms with Gasteiger partial charge in [-0.25, -0.2) is 0 Å². The molecule has 26 heavy (non-hydrogen) atoms. The van der Waals surface area contributed by atoms with Gasteiger partial charge in [0.15, 0.2) is 0 Å². The molecular formula is C23H22F2O. The molecule has 0 spiro atoms. The smallest absolute Gasteiger partial charge is 0.387 e. The van der Waals surface area contributed by atoms with E-state index in [9.17, 15) is 8.78 Å². The lowest BCUT2D eigenvalue weighted by atomic mass is 9.70. The minimum atomic E-state index is -2.79. The van der Waals surface area contributed by atoms with Gasteiger partial charge in [0, 0.05) is 5.92 Å². The Bertz CT molecular complexity index is 902. The summed E-state index contributed by atoms with van der Waals surface area (Å²) >= 11 is 0. The van der Waals surface area contributed by atoms with Crippen LogP contribution in [0.1, 0.15) is 42.4 Å². The van der Waals surface area contributed by atoms with Gasteiger partial charge in [0.1, 0.15) is 5.75 Å². The van der Waals surface area contributed by atoms with Crippen LogP contribution >= 0.6 is 0 Å². The molecule has 1 aliphatic rings. The molecule has 0 amide bonds. The molecule has 1 aliphatic carbocycles. The van der Waals surface area contributed by atoms with Crippen LogP contribution in [0.15, 0.2) is 60.7 Å². The van der Waals surface area contributed by atoms with Crippen molar-refractivity contribution in [3.63, 3.8) is 0 Å². The van der Waals surface area contributed by atoms with E-state index in [4.69, 9.17) is 0 Å². The van der Waals surface area contributed by atoms with Crippen LogP contribution in [-0.4, -0.2) is 6.61 Å². The van der Waals surface area contributed by atoms with E-state index in [0.717, 1.165) is 19.3 Å². The third kappa shape index (κ3) is 3.07. The average molecular weight is 352 g/mol. The van der Waals surface area contributed by atoms with Gasteiger partial charge in [-0.05, 0) is 58.4 Å². The summed E-state index contributed by atoms with van der Waals surface area (Å²) in [7, 11) is 0. The van der Waals surface area contributed by atoms with Crippen molar-refractivity contribution in [2.75, 3.05) is 0 Å². The molecule has 134 valence electrons. The summed E-state index contributed by atoms with van der Waals surface area (Å²) in [4.78, 5) is 0. The normalized spacial score (nSPS) is 19.5. The van der Waals surface area contributed by atoms with E-state index in [1.54, 1.807) is 12.1 Å². The highest BCUT2D eigenvalue weighted by molar-refractivity contribution is 5.87. The highest BCUT2D eigenvalue weighted by Crippen LogP contribution is 2.44. The first-order valence-electron chi connectivity index (χ1n) is 9.22. The Labute approximate surface area is 152 Å². The van der Waals surface area contributed by atoms with Crippen molar-refractivity contribution >= 4 is 10.8 Å². The Morgan fingerprint density at radius 2 is 1.77 bits per heavy atom. The molecule has 0 saturated carbocycles. The summed E-state index contributed by atoms with van der Waals surface area (Å²) in [6, 6.07) is 20.2. The number of aryl methyl sites for hydroxylation is 1. The molecule has 3 aromatic carbocycles. The van der Waals surface area contributed by atoms with Crippen LogP contribution in [0, 0.1) is 5.92 Å². The fraction of sp³-hybridized carbons (Fsp3) is 0.304. The quantitative estimate of drug-likeness (QED) is 0.517. The second-order valence-electron chi connectivity index (χ2n) is 6.99. The minimum Gasteiger partial charge on any atom is -0.435 e. The fourth-order valence-corrected chi connectivity index (χ4v) is 4.42. The van der Waals surface area contributed by atoms with E-state index in [2.05, 4.69) is 48.1 Å². The number of hydrogen-bond donors (Lipinski definition) is 0. The van der Waals surface area contributed by atoms with Crippen LogP contribution in [0.25, 0.3) is 10.8 Å². The van der Waals surface area contributed by atoms with Crippen LogP contribution in [0.2, 0.25) is 0 Å². The standard InChI is InChI=1S/C23H22F2O/c1-2-15-9-13-20-19-6-4-3-5-16(19)10-14-21(20)22(15)17-7-11-18(12-8-17)26-23(24)25/h3-8,10-12,14-15,22-23H,2,9,13H2,1H3/t15-,22-/m1/s1. The number of benzene rings is 3. The van der Waals surface area contributed by atoms with Crippen molar-refractivity contribution in [2.24, 2.45) is 5.92 Å². The van der Waals surface area contributed by atoms with Crippen LogP contribution in [0.5, 0.6) is 5.75 Å². The zero-order valence-electron chi connectivity index (χ0n) is 14.8. The van der Waals surface area contributed by atoms with Gasteiger partial charge in [0.2, 0.25) is 0 Å². The van der Waals surface area contributed by atoms with E-state index in [1.165, 1.54) is 27.5 Å². The summed E-state index contributed by atoms with van der Waals surface area (Å²) in [5.41, 5.74) is 3.99. The third-order valence-electron chi connectivity index (χ3n) is 5.64. The molecule has 3 heteroatoms. The van der Waals surface area contributed by atoms with E-state index >= 15 is 0 Å². The number of hydrogen-bond acceptors (Lipinski definition) is 1.